The fourth-order valence-corrected chi connectivity index (χ4v) is 2.28. The first kappa shape index (κ1) is 12.7. The van der Waals surface area contributed by atoms with E-state index in [1.54, 1.807) is 6.07 Å². The van der Waals surface area contributed by atoms with E-state index in [1.165, 1.54) is 16.7 Å². The molecule has 0 saturated heterocycles. The van der Waals surface area contributed by atoms with Gasteiger partial charge in [-0.05, 0) is 25.5 Å². The normalized spacial score (nSPS) is 11.6. The molecule has 0 unspecified atom stereocenters. The van der Waals surface area contributed by atoms with Crippen LogP contribution in [0, 0.1) is 13.8 Å². The van der Waals surface area contributed by atoms with Crippen LogP contribution in [-0.2, 0) is 5.41 Å². The zero-order valence-corrected chi connectivity index (χ0v) is 11.5. The van der Waals surface area contributed by atoms with Gasteiger partial charge in [0.15, 0.2) is 0 Å². The summed E-state index contributed by atoms with van der Waals surface area (Å²) in [4.78, 5) is 0. The Morgan fingerprint density at radius 2 is 1.39 bits per heavy atom. The second-order valence-corrected chi connectivity index (χ2v) is 5.51. The Hall–Kier alpha value is -1.76. The first-order valence-corrected chi connectivity index (χ1v) is 6.28. The number of hydrogen-bond donors (Lipinski definition) is 1. The van der Waals surface area contributed by atoms with E-state index in [9.17, 15) is 5.11 Å². The topological polar surface area (TPSA) is 20.2 Å². The van der Waals surface area contributed by atoms with Gasteiger partial charge in [0.05, 0.1) is 0 Å². The van der Waals surface area contributed by atoms with Crippen LogP contribution in [0.3, 0.4) is 0 Å². The summed E-state index contributed by atoms with van der Waals surface area (Å²) in [7, 11) is 0. The maximum absolute atomic E-state index is 10.1. The average molecular weight is 240 g/mol. The monoisotopic (exact) mass is 240 g/mol. The molecule has 1 nitrogen and oxygen atoms in total. The first-order chi connectivity index (χ1) is 8.41. The van der Waals surface area contributed by atoms with E-state index in [2.05, 4.69) is 51.1 Å². The van der Waals surface area contributed by atoms with Gasteiger partial charge >= 0.3 is 0 Å². The minimum Gasteiger partial charge on any atom is -0.508 e. The first-order valence-electron chi connectivity index (χ1n) is 6.28. The quantitative estimate of drug-likeness (QED) is 0.828. The molecule has 0 saturated carbocycles. The largest absolute Gasteiger partial charge is 0.508 e. The summed E-state index contributed by atoms with van der Waals surface area (Å²) in [5.41, 5.74) is 4.43. The second-order valence-electron chi connectivity index (χ2n) is 5.51. The fraction of sp³-hybridized carbons (Fsp3) is 0.294. The highest BCUT2D eigenvalue weighted by molar-refractivity contribution is 5.47. The van der Waals surface area contributed by atoms with Gasteiger partial charge in [0.1, 0.15) is 5.75 Å². The van der Waals surface area contributed by atoms with Crippen molar-refractivity contribution in [3.8, 4) is 5.75 Å². The lowest BCUT2D eigenvalue weighted by molar-refractivity contribution is 0.453. The molecule has 0 heterocycles. The Balaban J connectivity index is 2.53. The minimum atomic E-state index is -0.191. The van der Waals surface area contributed by atoms with Gasteiger partial charge in [-0.1, -0.05) is 61.4 Å². The zero-order chi connectivity index (χ0) is 13.3. The molecule has 2 rings (SSSR count). The van der Waals surface area contributed by atoms with Crippen molar-refractivity contribution in [2.45, 2.75) is 33.1 Å². The molecule has 18 heavy (non-hydrogen) atoms. The molecule has 1 N–H and O–H groups in total. The lowest BCUT2D eigenvalue weighted by atomic mass is 9.77. The van der Waals surface area contributed by atoms with Crippen molar-refractivity contribution in [2.75, 3.05) is 0 Å². The summed E-state index contributed by atoms with van der Waals surface area (Å²) in [5.74, 6) is 0.367. The van der Waals surface area contributed by atoms with Crippen LogP contribution in [-0.4, -0.2) is 5.11 Å². The van der Waals surface area contributed by atoms with E-state index in [-0.39, 0.29) is 5.41 Å². The molecule has 0 atom stereocenters. The van der Waals surface area contributed by atoms with Crippen molar-refractivity contribution in [3.05, 3.63) is 64.7 Å². The van der Waals surface area contributed by atoms with E-state index >= 15 is 0 Å². The summed E-state index contributed by atoms with van der Waals surface area (Å²) in [6.45, 7) is 8.42. The van der Waals surface area contributed by atoms with Gasteiger partial charge in [-0.2, -0.15) is 0 Å². The van der Waals surface area contributed by atoms with Gasteiger partial charge < -0.3 is 5.11 Å². The van der Waals surface area contributed by atoms with Crippen molar-refractivity contribution in [1.82, 2.24) is 0 Å². The second kappa shape index (κ2) is 4.49. The van der Waals surface area contributed by atoms with Gasteiger partial charge in [0.25, 0.3) is 0 Å². The molecule has 94 valence electrons. The molecule has 0 aliphatic heterocycles. The Labute approximate surface area is 109 Å². The van der Waals surface area contributed by atoms with Crippen LogP contribution in [0.15, 0.2) is 42.5 Å². The standard InChI is InChI=1S/C17H20O/c1-12-5-8-14(9-6-12)17(3,4)15-11-13(2)7-10-16(15)18/h5-11,18H,1-4H3. The van der Waals surface area contributed by atoms with Crippen molar-refractivity contribution in [2.24, 2.45) is 0 Å². The van der Waals surface area contributed by atoms with Crippen molar-refractivity contribution >= 4 is 0 Å². The summed E-state index contributed by atoms with van der Waals surface area (Å²) >= 11 is 0. The van der Waals surface area contributed by atoms with E-state index < -0.39 is 0 Å². The Bertz CT molecular complexity index is 550. The number of phenols is 1. The molecule has 0 radical (unpaired) electrons. The molecule has 0 fully saturated rings. The highest BCUT2D eigenvalue weighted by Crippen LogP contribution is 2.37. The van der Waals surface area contributed by atoms with Gasteiger partial charge in [0, 0.05) is 11.0 Å². The predicted molar refractivity (Wildman–Crippen MR) is 76.2 cm³/mol. The summed E-state index contributed by atoms with van der Waals surface area (Å²) in [5, 5.41) is 10.1. The van der Waals surface area contributed by atoms with E-state index in [1.807, 2.05) is 13.0 Å². The van der Waals surface area contributed by atoms with Crippen LogP contribution >= 0.6 is 0 Å². The van der Waals surface area contributed by atoms with Crippen LogP contribution in [0.1, 0.15) is 36.1 Å². The number of aromatic hydroxyl groups is 1. The van der Waals surface area contributed by atoms with Crippen molar-refractivity contribution in [3.63, 3.8) is 0 Å². The summed E-state index contributed by atoms with van der Waals surface area (Å²) < 4.78 is 0. The summed E-state index contributed by atoms with van der Waals surface area (Å²) in [6.07, 6.45) is 0. The van der Waals surface area contributed by atoms with Gasteiger partial charge in [-0.3, -0.25) is 0 Å². The number of hydrogen-bond acceptors (Lipinski definition) is 1. The molecule has 1 heteroatoms. The Morgan fingerprint density at radius 3 is 2.00 bits per heavy atom. The number of aryl methyl sites for hydroxylation is 2. The van der Waals surface area contributed by atoms with Crippen LogP contribution < -0.4 is 0 Å². The molecular weight excluding hydrogens is 220 g/mol. The van der Waals surface area contributed by atoms with Crippen molar-refractivity contribution in [1.29, 1.82) is 0 Å². The molecule has 2 aromatic carbocycles. The van der Waals surface area contributed by atoms with Crippen LogP contribution in [0.25, 0.3) is 0 Å². The van der Waals surface area contributed by atoms with E-state index in [4.69, 9.17) is 0 Å². The van der Waals surface area contributed by atoms with E-state index in [0.29, 0.717) is 5.75 Å². The molecule has 0 bridgehead atoms. The maximum atomic E-state index is 10.1. The number of rotatable bonds is 2. The molecule has 2 aromatic rings. The maximum Gasteiger partial charge on any atom is 0.119 e. The highest BCUT2D eigenvalue weighted by Gasteiger charge is 2.25. The van der Waals surface area contributed by atoms with E-state index in [0.717, 1.165) is 5.56 Å². The van der Waals surface area contributed by atoms with Gasteiger partial charge in [-0.25, -0.2) is 0 Å². The predicted octanol–water partition coefficient (Wildman–Crippen LogP) is 4.33. The number of benzene rings is 2. The Kier molecular flexibility index (Phi) is 3.16. The molecule has 0 aliphatic rings. The van der Waals surface area contributed by atoms with Gasteiger partial charge in [0.2, 0.25) is 0 Å². The van der Waals surface area contributed by atoms with Crippen LogP contribution in [0.5, 0.6) is 5.75 Å². The Morgan fingerprint density at radius 1 is 0.833 bits per heavy atom. The highest BCUT2D eigenvalue weighted by atomic mass is 16.3. The molecule has 0 aliphatic carbocycles. The smallest absolute Gasteiger partial charge is 0.119 e. The average Bonchev–Trinajstić information content (AvgIpc) is 2.32. The van der Waals surface area contributed by atoms with Gasteiger partial charge in [-0.15, -0.1) is 0 Å². The SMILES string of the molecule is Cc1ccc(C(C)(C)c2cc(C)ccc2O)cc1. The molecular formula is C17H20O. The third-order valence-corrected chi connectivity index (χ3v) is 3.60. The third-order valence-electron chi connectivity index (χ3n) is 3.60. The fourth-order valence-electron chi connectivity index (χ4n) is 2.28. The zero-order valence-electron chi connectivity index (χ0n) is 11.5. The van der Waals surface area contributed by atoms with Crippen molar-refractivity contribution < 1.29 is 5.11 Å². The number of phenolic OH excluding ortho intramolecular Hbond substituents is 1. The molecule has 0 aromatic heterocycles. The molecule has 0 amide bonds. The minimum absolute atomic E-state index is 0.191. The summed E-state index contributed by atoms with van der Waals surface area (Å²) in [6, 6.07) is 14.3. The molecule has 0 spiro atoms. The lowest BCUT2D eigenvalue weighted by Crippen LogP contribution is -2.19. The van der Waals surface area contributed by atoms with Crippen LogP contribution in [0.4, 0.5) is 0 Å². The lowest BCUT2D eigenvalue weighted by Gasteiger charge is -2.27. The van der Waals surface area contributed by atoms with Crippen LogP contribution in [0.2, 0.25) is 0 Å². The third kappa shape index (κ3) is 2.26.